The van der Waals surface area contributed by atoms with Crippen LogP contribution in [0.1, 0.15) is 59.8 Å². The third-order valence-corrected chi connectivity index (χ3v) is 8.38. The summed E-state index contributed by atoms with van der Waals surface area (Å²) in [5.74, 6) is 0.173. The smallest absolute Gasteiger partial charge is 0.190 e. The summed E-state index contributed by atoms with van der Waals surface area (Å²) < 4.78 is 5.02. The van der Waals surface area contributed by atoms with Crippen molar-refractivity contribution in [1.29, 1.82) is 0 Å². The van der Waals surface area contributed by atoms with Crippen molar-refractivity contribution in [1.82, 2.24) is 0 Å². The SMILES string of the molecule is CC.COCC(=O)[C@@]1(O)CC[C@H]2[C@@H]3CCC4=CC(=O)C=C[C@]4(C)[C@H]3[C@@H](O)C[C@@]21C. The van der Waals surface area contributed by atoms with Gasteiger partial charge in [-0.05, 0) is 56.1 Å². The molecule has 0 unspecified atom stereocenters. The molecule has 5 nitrogen and oxygen atoms in total. The Morgan fingerprint density at radius 2 is 1.97 bits per heavy atom. The molecule has 4 rings (SSSR count). The van der Waals surface area contributed by atoms with E-state index < -0.39 is 17.1 Å². The van der Waals surface area contributed by atoms with Crippen LogP contribution in [0.2, 0.25) is 0 Å². The first kappa shape index (κ1) is 22.4. The summed E-state index contributed by atoms with van der Waals surface area (Å²) in [6.45, 7) is 8.01. The molecule has 0 aromatic heterocycles. The molecule has 3 saturated carbocycles. The van der Waals surface area contributed by atoms with Gasteiger partial charge >= 0.3 is 0 Å². The zero-order chi connectivity index (χ0) is 21.6. The van der Waals surface area contributed by atoms with Crippen molar-refractivity contribution < 1.29 is 24.5 Å². The molecule has 0 aliphatic heterocycles. The van der Waals surface area contributed by atoms with Crippen LogP contribution in [0.3, 0.4) is 0 Å². The number of hydrogen-bond donors (Lipinski definition) is 2. The Morgan fingerprint density at radius 1 is 1.28 bits per heavy atom. The third kappa shape index (κ3) is 3.08. The van der Waals surface area contributed by atoms with Gasteiger partial charge < -0.3 is 14.9 Å². The lowest BCUT2D eigenvalue weighted by Crippen LogP contribution is -2.61. The molecule has 0 saturated heterocycles. The fourth-order valence-electron chi connectivity index (χ4n) is 7.04. The first-order valence-electron chi connectivity index (χ1n) is 11.0. The number of carbonyl (C=O) groups excluding carboxylic acids is 2. The fraction of sp³-hybridized carbons (Fsp3) is 0.750. The molecule has 162 valence electrons. The number of aliphatic hydroxyl groups is 2. The van der Waals surface area contributed by atoms with Crippen LogP contribution in [0.5, 0.6) is 0 Å². The Morgan fingerprint density at radius 3 is 2.62 bits per heavy atom. The normalized spacial score (nSPS) is 45.3. The molecule has 7 atom stereocenters. The predicted octanol–water partition coefficient (Wildman–Crippen LogP) is 3.24. The minimum absolute atomic E-state index is 0.0137. The Hall–Kier alpha value is -1.30. The average Bonchev–Trinajstić information content (AvgIpc) is 2.95. The van der Waals surface area contributed by atoms with Crippen molar-refractivity contribution >= 4 is 11.6 Å². The van der Waals surface area contributed by atoms with Crippen molar-refractivity contribution in [2.45, 2.75) is 71.5 Å². The maximum Gasteiger partial charge on any atom is 0.190 e. The largest absolute Gasteiger partial charge is 0.393 e. The molecule has 0 bridgehead atoms. The summed E-state index contributed by atoms with van der Waals surface area (Å²) >= 11 is 0. The maximum absolute atomic E-state index is 12.7. The first-order valence-corrected chi connectivity index (χ1v) is 11.0. The predicted molar refractivity (Wildman–Crippen MR) is 111 cm³/mol. The average molecular weight is 405 g/mol. The quantitative estimate of drug-likeness (QED) is 0.754. The van der Waals surface area contributed by atoms with Crippen LogP contribution in [-0.4, -0.2) is 47.2 Å². The van der Waals surface area contributed by atoms with Crippen molar-refractivity contribution in [3.8, 4) is 0 Å². The highest BCUT2D eigenvalue weighted by molar-refractivity contribution is 6.01. The number of aliphatic hydroxyl groups excluding tert-OH is 1. The molecular weight excluding hydrogens is 368 g/mol. The van der Waals surface area contributed by atoms with E-state index in [4.69, 9.17) is 4.74 Å². The molecule has 29 heavy (non-hydrogen) atoms. The van der Waals surface area contributed by atoms with Gasteiger partial charge in [0.1, 0.15) is 12.2 Å². The number of methoxy groups -OCH3 is 1. The Labute approximate surface area is 174 Å². The van der Waals surface area contributed by atoms with E-state index in [0.29, 0.717) is 12.8 Å². The van der Waals surface area contributed by atoms with Crippen LogP contribution >= 0.6 is 0 Å². The number of allylic oxidation sites excluding steroid dienone is 4. The van der Waals surface area contributed by atoms with Crippen LogP contribution in [0.15, 0.2) is 23.8 Å². The molecular formula is C24H36O5. The second-order valence-corrected chi connectivity index (χ2v) is 9.47. The molecule has 0 radical (unpaired) electrons. The molecule has 5 heteroatoms. The molecule has 4 aliphatic carbocycles. The standard InChI is InChI=1S/C22H30O5.C2H6/c1-20-8-6-14(23)10-13(20)4-5-15-16-7-9-22(26,18(25)12-27-3)21(16,2)11-17(24)19(15)20;1-2/h6,8,10,15-17,19,24,26H,4-5,7,9,11-12H2,1-3H3;1-2H3/t15-,16-,17-,19+,20-,21-,22-;/m0./s1. The molecule has 3 fully saturated rings. The van der Waals surface area contributed by atoms with Gasteiger partial charge in [-0.25, -0.2) is 0 Å². The van der Waals surface area contributed by atoms with Crippen molar-refractivity contribution in [2.75, 3.05) is 13.7 Å². The van der Waals surface area contributed by atoms with E-state index in [9.17, 15) is 19.8 Å². The van der Waals surface area contributed by atoms with Gasteiger partial charge in [0.25, 0.3) is 0 Å². The summed E-state index contributed by atoms with van der Waals surface area (Å²) in [4.78, 5) is 24.6. The van der Waals surface area contributed by atoms with Crippen LogP contribution in [-0.2, 0) is 14.3 Å². The summed E-state index contributed by atoms with van der Waals surface area (Å²) in [5, 5.41) is 22.6. The lowest BCUT2D eigenvalue weighted by molar-refractivity contribution is -0.179. The van der Waals surface area contributed by atoms with Gasteiger partial charge in [0, 0.05) is 23.9 Å². The molecule has 4 aliphatic rings. The first-order chi connectivity index (χ1) is 13.7. The molecule has 0 spiro atoms. The number of ether oxygens (including phenoxy) is 1. The number of carbonyl (C=O) groups is 2. The fourth-order valence-corrected chi connectivity index (χ4v) is 7.04. The van der Waals surface area contributed by atoms with E-state index in [1.54, 1.807) is 12.2 Å². The monoisotopic (exact) mass is 404 g/mol. The number of rotatable bonds is 3. The minimum atomic E-state index is -1.44. The van der Waals surface area contributed by atoms with E-state index in [0.717, 1.165) is 24.8 Å². The van der Waals surface area contributed by atoms with E-state index >= 15 is 0 Å². The van der Waals surface area contributed by atoms with Crippen molar-refractivity contribution in [2.24, 2.45) is 28.6 Å². The molecule has 0 aromatic rings. The van der Waals surface area contributed by atoms with Crippen LogP contribution < -0.4 is 0 Å². The lowest BCUT2D eigenvalue weighted by Gasteiger charge is -2.59. The van der Waals surface area contributed by atoms with E-state index in [2.05, 4.69) is 6.92 Å². The Bertz CT molecular complexity index is 740. The molecule has 2 N–H and O–H groups in total. The Kier molecular flexibility index (Phi) is 5.98. The summed E-state index contributed by atoms with van der Waals surface area (Å²) in [6, 6.07) is 0. The Balaban J connectivity index is 0.00000117. The van der Waals surface area contributed by atoms with Gasteiger partial charge in [-0.2, -0.15) is 0 Å². The van der Waals surface area contributed by atoms with E-state index in [1.807, 2.05) is 26.8 Å². The van der Waals surface area contributed by atoms with Crippen LogP contribution in [0.25, 0.3) is 0 Å². The number of hydrogen-bond acceptors (Lipinski definition) is 5. The van der Waals surface area contributed by atoms with E-state index in [1.165, 1.54) is 7.11 Å². The highest BCUT2D eigenvalue weighted by atomic mass is 16.5. The van der Waals surface area contributed by atoms with Crippen molar-refractivity contribution in [3.05, 3.63) is 23.8 Å². The van der Waals surface area contributed by atoms with Gasteiger partial charge in [-0.1, -0.05) is 39.3 Å². The molecule has 0 aromatic carbocycles. The molecule has 0 heterocycles. The summed E-state index contributed by atoms with van der Waals surface area (Å²) in [6.07, 6.45) is 8.05. The zero-order valence-electron chi connectivity index (χ0n) is 18.4. The van der Waals surface area contributed by atoms with Gasteiger partial charge in [0.05, 0.1) is 6.10 Å². The lowest BCUT2D eigenvalue weighted by atomic mass is 9.46. The summed E-state index contributed by atoms with van der Waals surface area (Å²) in [5.41, 5.74) is -1.29. The second kappa shape index (κ2) is 7.75. The number of ketones is 2. The number of fused-ring (bicyclic) bond motifs is 5. The van der Waals surface area contributed by atoms with E-state index in [-0.39, 0.29) is 41.3 Å². The number of Topliss-reactive ketones (excluding diaryl/α,β-unsaturated/α-hetero) is 1. The minimum Gasteiger partial charge on any atom is -0.393 e. The van der Waals surface area contributed by atoms with Crippen LogP contribution in [0, 0.1) is 28.6 Å². The van der Waals surface area contributed by atoms with Gasteiger partial charge in [-0.3, -0.25) is 9.59 Å². The topological polar surface area (TPSA) is 83.8 Å². The van der Waals surface area contributed by atoms with Gasteiger partial charge in [0.15, 0.2) is 11.6 Å². The molecule has 0 amide bonds. The summed E-state index contributed by atoms with van der Waals surface area (Å²) in [7, 11) is 1.47. The zero-order valence-corrected chi connectivity index (χ0v) is 18.4. The highest BCUT2D eigenvalue weighted by Crippen LogP contribution is 2.67. The van der Waals surface area contributed by atoms with Gasteiger partial charge in [-0.15, -0.1) is 0 Å². The van der Waals surface area contributed by atoms with Gasteiger partial charge in [0.2, 0.25) is 0 Å². The highest BCUT2D eigenvalue weighted by Gasteiger charge is 2.68. The van der Waals surface area contributed by atoms with Crippen LogP contribution in [0.4, 0.5) is 0 Å². The third-order valence-electron chi connectivity index (χ3n) is 8.38. The van der Waals surface area contributed by atoms with Crippen molar-refractivity contribution in [3.63, 3.8) is 0 Å². The second-order valence-electron chi connectivity index (χ2n) is 9.47. The maximum atomic E-state index is 12.7.